The van der Waals surface area contributed by atoms with Crippen molar-refractivity contribution in [1.29, 1.82) is 0 Å². The number of nitro groups is 1. The second-order valence-electron chi connectivity index (χ2n) is 5.02. The van der Waals surface area contributed by atoms with Crippen molar-refractivity contribution < 1.29 is 14.8 Å². The van der Waals surface area contributed by atoms with Crippen molar-refractivity contribution in [2.45, 2.75) is 19.4 Å². The number of amides is 2. The van der Waals surface area contributed by atoms with Crippen molar-refractivity contribution in [2.24, 2.45) is 5.92 Å². The maximum Gasteiger partial charge on any atom is 0.321 e. The average molecular weight is 279 g/mol. The predicted molar refractivity (Wildman–Crippen MR) is 73.5 cm³/mol. The van der Waals surface area contributed by atoms with E-state index in [1.165, 1.54) is 18.2 Å². The Kier molecular flexibility index (Phi) is 4.19. The summed E-state index contributed by atoms with van der Waals surface area (Å²) in [4.78, 5) is 23.8. The fourth-order valence-corrected chi connectivity index (χ4v) is 2.22. The summed E-state index contributed by atoms with van der Waals surface area (Å²) in [5, 5.41) is 22.9. The monoisotopic (exact) mass is 279 g/mol. The van der Waals surface area contributed by atoms with Crippen LogP contribution in [-0.2, 0) is 0 Å². The van der Waals surface area contributed by atoms with Gasteiger partial charge >= 0.3 is 6.03 Å². The van der Waals surface area contributed by atoms with E-state index in [4.69, 9.17) is 0 Å². The molecule has 108 valence electrons. The summed E-state index contributed by atoms with van der Waals surface area (Å²) in [5.74, 6) is 0.0274. The first-order chi connectivity index (χ1) is 9.47. The van der Waals surface area contributed by atoms with Gasteiger partial charge in [0.2, 0.25) is 0 Å². The highest BCUT2D eigenvalue weighted by molar-refractivity contribution is 5.89. The molecule has 0 aliphatic carbocycles. The van der Waals surface area contributed by atoms with Crippen LogP contribution in [0.1, 0.15) is 13.3 Å². The molecule has 0 bridgehead atoms. The average Bonchev–Trinajstić information content (AvgIpc) is 2.42. The zero-order valence-corrected chi connectivity index (χ0v) is 11.2. The lowest BCUT2D eigenvalue weighted by Gasteiger charge is -2.34. The Hall–Kier alpha value is -2.15. The molecular weight excluding hydrogens is 262 g/mol. The van der Waals surface area contributed by atoms with Crippen LogP contribution in [0.5, 0.6) is 0 Å². The van der Waals surface area contributed by atoms with Crippen LogP contribution in [0.4, 0.5) is 16.2 Å². The van der Waals surface area contributed by atoms with Crippen molar-refractivity contribution in [2.75, 3.05) is 18.4 Å². The number of carbonyl (C=O) groups is 1. The van der Waals surface area contributed by atoms with Crippen LogP contribution >= 0.6 is 0 Å². The fourth-order valence-electron chi connectivity index (χ4n) is 2.22. The van der Waals surface area contributed by atoms with Gasteiger partial charge in [-0.05, 0) is 18.4 Å². The molecule has 2 amide bonds. The highest BCUT2D eigenvalue weighted by atomic mass is 16.6. The number of hydrogen-bond donors (Lipinski definition) is 2. The summed E-state index contributed by atoms with van der Waals surface area (Å²) in [5.41, 5.74) is 0.327. The molecule has 20 heavy (non-hydrogen) atoms. The molecule has 7 heteroatoms. The van der Waals surface area contributed by atoms with Gasteiger partial charge in [0.1, 0.15) is 0 Å². The van der Waals surface area contributed by atoms with Gasteiger partial charge in [0, 0.05) is 30.9 Å². The third-order valence-electron chi connectivity index (χ3n) is 3.46. The highest BCUT2D eigenvalue weighted by Gasteiger charge is 2.27. The van der Waals surface area contributed by atoms with Crippen LogP contribution in [0.25, 0.3) is 0 Å². The molecule has 1 fully saturated rings. The Morgan fingerprint density at radius 2 is 2.30 bits per heavy atom. The molecule has 0 saturated carbocycles. The Bertz CT molecular complexity index is 520. The van der Waals surface area contributed by atoms with Crippen molar-refractivity contribution >= 4 is 17.4 Å². The number of urea groups is 1. The van der Waals surface area contributed by atoms with E-state index in [-0.39, 0.29) is 23.7 Å². The number of hydrogen-bond acceptors (Lipinski definition) is 4. The SMILES string of the molecule is CC1CN(C(=O)Nc2cccc([N+](=O)[O-])c2)CCC1O. The van der Waals surface area contributed by atoms with Crippen molar-refractivity contribution in [3.05, 3.63) is 34.4 Å². The number of nitro benzene ring substituents is 1. The number of piperidine rings is 1. The number of benzene rings is 1. The van der Waals surface area contributed by atoms with E-state index in [0.29, 0.717) is 25.2 Å². The molecule has 1 saturated heterocycles. The number of aliphatic hydroxyl groups excluding tert-OH is 1. The quantitative estimate of drug-likeness (QED) is 0.637. The maximum absolute atomic E-state index is 12.1. The third kappa shape index (κ3) is 3.24. The third-order valence-corrected chi connectivity index (χ3v) is 3.46. The molecule has 0 spiro atoms. The number of non-ortho nitro benzene ring substituents is 1. The van der Waals surface area contributed by atoms with Crippen molar-refractivity contribution in [3.8, 4) is 0 Å². The van der Waals surface area contributed by atoms with Crippen molar-refractivity contribution in [1.82, 2.24) is 4.90 Å². The lowest BCUT2D eigenvalue weighted by molar-refractivity contribution is -0.384. The Morgan fingerprint density at radius 1 is 1.55 bits per heavy atom. The zero-order chi connectivity index (χ0) is 14.7. The summed E-state index contributed by atoms with van der Waals surface area (Å²) < 4.78 is 0. The van der Waals surface area contributed by atoms with Gasteiger partial charge in [-0.2, -0.15) is 0 Å². The molecule has 2 atom stereocenters. The van der Waals surface area contributed by atoms with Gasteiger partial charge in [0.25, 0.3) is 5.69 Å². The number of anilines is 1. The predicted octanol–water partition coefficient (Wildman–Crippen LogP) is 1.83. The largest absolute Gasteiger partial charge is 0.393 e. The van der Waals surface area contributed by atoms with Crippen LogP contribution in [0, 0.1) is 16.0 Å². The van der Waals surface area contributed by atoms with E-state index >= 15 is 0 Å². The van der Waals surface area contributed by atoms with Gasteiger partial charge in [0.05, 0.1) is 11.0 Å². The van der Waals surface area contributed by atoms with E-state index < -0.39 is 4.92 Å². The molecule has 1 aromatic carbocycles. The lowest BCUT2D eigenvalue weighted by Crippen LogP contribution is -2.46. The van der Waals surface area contributed by atoms with Crippen LogP contribution < -0.4 is 5.32 Å². The van der Waals surface area contributed by atoms with E-state index in [9.17, 15) is 20.0 Å². The molecule has 2 unspecified atom stereocenters. The van der Waals surface area contributed by atoms with Crippen LogP contribution in [0.2, 0.25) is 0 Å². The molecule has 1 aromatic rings. The molecular formula is C13H17N3O4. The molecule has 2 N–H and O–H groups in total. The van der Waals surface area contributed by atoms with Crippen LogP contribution in [-0.4, -0.2) is 40.2 Å². The van der Waals surface area contributed by atoms with E-state index in [2.05, 4.69) is 5.32 Å². The van der Waals surface area contributed by atoms with Crippen LogP contribution in [0.15, 0.2) is 24.3 Å². The Balaban J connectivity index is 2.01. The molecule has 1 aliphatic heterocycles. The van der Waals surface area contributed by atoms with E-state index in [1.807, 2.05) is 6.92 Å². The van der Waals surface area contributed by atoms with Gasteiger partial charge in [-0.3, -0.25) is 10.1 Å². The lowest BCUT2D eigenvalue weighted by atomic mass is 9.97. The first kappa shape index (κ1) is 14.3. The minimum atomic E-state index is -0.505. The number of nitrogens with one attached hydrogen (secondary N) is 1. The minimum absolute atomic E-state index is 0.0274. The number of likely N-dealkylation sites (tertiary alicyclic amines) is 1. The number of carbonyl (C=O) groups excluding carboxylic acids is 1. The summed E-state index contributed by atoms with van der Waals surface area (Å²) in [6, 6.07) is 5.52. The van der Waals surface area contributed by atoms with Gasteiger partial charge in [-0.15, -0.1) is 0 Å². The van der Waals surface area contributed by atoms with Crippen molar-refractivity contribution in [3.63, 3.8) is 0 Å². The molecule has 0 aromatic heterocycles. The van der Waals surface area contributed by atoms with Crippen LogP contribution in [0.3, 0.4) is 0 Å². The fraction of sp³-hybridized carbons (Fsp3) is 0.462. The summed E-state index contributed by atoms with van der Waals surface area (Å²) in [6.07, 6.45) is 0.167. The highest BCUT2D eigenvalue weighted by Crippen LogP contribution is 2.20. The summed E-state index contributed by atoms with van der Waals surface area (Å²) in [6.45, 7) is 2.84. The molecule has 1 aliphatic rings. The summed E-state index contributed by atoms with van der Waals surface area (Å²) >= 11 is 0. The number of rotatable bonds is 2. The number of aliphatic hydroxyl groups is 1. The van der Waals surface area contributed by atoms with Gasteiger partial charge in [-0.1, -0.05) is 13.0 Å². The van der Waals surface area contributed by atoms with E-state index in [0.717, 1.165) is 0 Å². The van der Waals surface area contributed by atoms with Gasteiger partial charge in [-0.25, -0.2) is 4.79 Å². The minimum Gasteiger partial charge on any atom is -0.393 e. The maximum atomic E-state index is 12.1. The Labute approximate surface area is 116 Å². The molecule has 0 radical (unpaired) electrons. The van der Waals surface area contributed by atoms with Gasteiger partial charge < -0.3 is 15.3 Å². The molecule has 2 rings (SSSR count). The second kappa shape index (κ2) is 5.87. The Morgan fingerprint density at radius 3 is 2.95 bits per heavy atom. The first-order valence-corrected chi connectivity index (χ1v) is 6.46. The van der Waals surface area contributed by atoms with E-state index in [1.54, 1.807) is 11.0 Å². The zero-order valence-electron chi connectivity index (χ0n) is 11.2. The molecule has 7 nitrogen and oxygen atoms in total. The van der Waals surface area contributed by atoms with Gasteiger partial charge in [0.15, 0.2) is 0 Å². The summed E-state index contributed by atoms with van der Waals surface area (Å²) in [7, 11) is 0. The number of nitrogens with zero attached hydrogens (tertiary/aromatic N) is 2. The smallest absolute Gasteiger partial charge is 0.321 e. The second-order valence-corrected chi connectivity index (χ2v) is 5.02. The normalized spacial score (nSPS) is 22.4. The standard InChI is InChI=1S/C13H17N3O4/c1-9-8-15(6-5-12(9)17)13(18)14-10-3-2-4-11(7-10)16(19)20/h2-4,7,9,12,17H,5-6,8H2,1H3,(H,14,18). The topological polar surface area (TPSA) is 95.7 Å². The first-order valence-electron chi connectivity index (χ1n) is 6.46. The molecule has 1 heterocycles.